The summed E-state index contributed by atoms with van der Waals surface area (Å²) in [6, 6.07) is 9.14. The number of hydrogen-bond acceptors (Lipinski definition) is 6. The lowest BCUT2D eigenvalue weighted by molar-refractivity contribution is 0.222. The van der Waals surface area contributed by atoms with Crippen molar-refractivity contribution in [3.63, 3.8) is 0 Å². The molecule has 2 saturated heterocycles. The van der Waals surface area contributed by atoms with Gasteiger partial charge < -0.3 is 20.6 Å². The van der Waals surface area contributed by atoms with E-state index in [4.69, 9.17) is 5.73 Å². The molecule has 0 amide bonds. The number of anilines is 2. The molecular formula is C21H31N5O. The molecule has 6 heteroatoms. The Balaban J connectivity index is 0.00000102. The van der Waals surface area contributed by atoms with E-state index in [1.807, 2.05) is 32.0 Å². The third kappa shape index (κ3) is 4.00. The number of likely N-dealkylation sites (tertiary alicyclic amines) is 1. The zero-order valence-electron chi connectivity index (χ0n) is 16.6. The van der Waals surface area contributed by atoms with Gasteiger partial charge in [-0.3, -0.25) is 0 Å². The van der Waals surface area contributed by atoms with Gasteiger partial charge in [0.1, 0.15) is 5.75 Å². The molecule has 2 fully saturated rings. The second kappa shape index (κ2) is 8.13. The Hall–Kier alpha value is -2.34. The minimum Gasteiger partial charge on any atom is -0.507 e. The zero-order chi connectivity index (χ0) is 19.4. The minimum absolute atomic E-state index is 0.208. The van der Waals surface area contributed by atoms with E-state index in [1.54, 1.807) is 12.1 Å². The first-order valence-corrected chi connectivity index (χ1v) is 9.91. The number of rotatable bonds is 2. The topological polar surface area (TPSA) is 78.5 Å². The van der Waals surface area contributed by atoms with Crippen LogP contribution in [0.5, 0.6) is 5.75 Å². The van der Waals surface area contributed by atoms with E-state index in [-0.39, 0.29) is 5.75 Å². The van der Waals surface area contributed by atoms with Crippen molar-refractivity contribution in [3.05, 3.63) is 30.3 Å². The molecule has 1 spiro atoms. The molecule has 0 bridgehead atoms. The Morgan fingerprint density at radius 2 is 1.70 bits per heavy atom. The van der Waals surface area contributed by atoms with E-state index in [0.717, 1.165) is 18.8 Å². The molecule has 0 unspecified atom stereocenters. The van der Waals surface area contributed by atoms with Crippen molar-refractivity contribution in [2.45, 2.75) is 33.1 Å². The number of nitrogens with two attached hydrogens (primary N) is 1. The average molecular weight is 370 g/mol. The second-order valence-electron chi connectivity index (χ2n) is 7.49. The highest BCUT2D eigenvalue weighted by atomic mass is 16.3. The quantitative estimate of drug-likeness (QED) is 0.845. The maximum absolute atomic E-state index is 10.1. The number of aromatic nitrogens is 2. The van der Waals surface area contributed by atoms with Gasteiger partial charge in [-0.05, 0) is 56.5 Å². The van der Waals surface area contributed by atoms with Gasteiger partial charge in [-0.25, -0.2) is 0 Å². The first-order chi connectivity index (χ1) is 13.1. The predicted molar refractivity (Wildman–Crippen MR) is 111 cm³/mol. The number of para-hydroxylation sites is 1. The number of aromatic hydroxyl groups is 1. The predicted octanol–water partition coefficient (Wildman–Crippen LogP) is 3.38. The Labute approximate surface area is 162 Å². The maximum atomic E-state index is 10.1. The molecule has 0 radical (unpaired) electrons. The van der Waals surface area contributed by atoms with Crippen molar-refractivity contribution in [1.29, 1.82) is 0 Å². The van der Waals surface area contributed by atoms with Crippen LogP contribution >= 0.6 is 0 Å². The average Bonchev–Trinajstić information content (AvgIpc) is 3.05. The van der Waals surface area contributed by atoms with E-state index in [9.17, 15) is 5.11 Å². The first kappa shape index (κ1) is 19.4. The van der Waals surface area contributed by atoms with Crippen LogP contribution in [0.3, 0.4) is 0 Å². The highest BCUT2D eigenvalue weighted by Crippen LogP contribution is 2.41. The van der Waals surface area contributed by atoms with Gasteiger partial charge >= 0.3 is 0 Å². The van der Waals surface area contributed by atoms with E-state index in [1.165, 1.54) is 32.4 Å². The maximum Gasteiger partial charge on any atom is 0.169 e. The second-order valence-corrected chi connectivity index (χ2v) is 7.49. The molecule has 2 aromatic rings. The Bertz CT molecular complexity index is 771. The van der Waals surface area contributed by atoms with Crippen LogP contribution < -0.4 is 10.6 Å². The summed E-state index contributed by atoms with van der Waals surface area (Å²) in [5.74, 6) is 0.665. The Morgan fingerprint density at radius 3 is 2.33 bits per heavy atom. The summed E-state index contributed by atoms with van der Waals surface area (Å²) in [6.45, 7) is 8.39. The van der Waals surface area contributed by atoms with Gasteiger partial charge in [0.2, 0.25) is 0 Å². The zero-order valence-corrected chi connectivity index (χ0v) is 16.6. The van der Waals surface area contributed by atoms with Gasteiger partial charge in [-0.1, -0.05) is 26.0 Å². The lowest BCUT2D eigenvalue weighted by Crippen LogP contribution is -2.41. The fourth-order valence-electron chi connectivity index (χ4n) is 4.26. The Kier molecular flexibility index (Phi) is 5.85. The van der Waals surface area contributed by atoms with Crippen molar-refractivity contribution in [1.82, 2.24) is 15.1 Å². The molecular weight excluding hydrogens is 338 g/mol. The lowest BCUT2D eigenvalue weighted by atomic mass is 9.77. The van der Waals surface area contributed by atoms with Crippen LogP contribution in [0, 0.1) is 5.41 Å². The van der Waals surface area contributed by atoms with E-state index < -0.39 is 0 Å². The number of benzene rings is 1. The highest BCUT2D eigenvalue weighted by Gasteiger charge is 2.39. The van der Waals surface area contributed by atoms with Crippen LogP contribution in [0.4, 0.5) is 11.5 Å². The van der Waals surface area contributed by atoms with Crippen LogP contribution in [0.25, 0.3) is 11.3 Å². The van der Waals surface area contributed by atoms with E-state index in [2.05, 4.69) is 27.0 Å². The minimum atomic E-state index is 0.208. The lowest BCUT2D eigenvalue weighted by Gasteiger charge is -2.40. The summed E-state index contributed by atoms with van der Waals surface area (Å²) in [5, 5.41) is 18.4. The molecule has 0 atom stereocenters. The molecule has 1 aromatic heterocycles. The van der Waals surface area contributed by atoms with E-state index >= 15 is 0 Å². The molecule has 3 heterocycles. The number of nitrogens with zero attached hydrogens (tertiary/aromatic N) is 4. The molecule has 3 N–H and O–H groups in total. The monoisotopic (exact) mass is 369 g/mol. The van der Waals surface area contributed by atoms with Crippen molar-refractivity contribution in [2.24, 2.45) is 5.41 Å². The summed E-state index contributed by atoms with van der Waals surface area (Å²) in [4.78, 5) is 4.76. The van der Waals surface area contributed by atoms with Gasteiger partial charge in [0.15, 0.2) is 5.82 Å². The van der Waals surface area contributed by atoms with Crippen LogP contribution in [0.2, 0.25) is 0 Å². The van der Waals surface area contributed by atoms with E-state index in [0.29, 0.717) is 22.5 Å². The fraction of sp³-hybridized carbons (Fsp3) is 0.524. The molecule has 0 aliphatic carbocycles. The highest BCUT2D eigenvalue weighted by molar-refractivity contribution is 5.74. The Morgan fingerprint density at radius 1 is 1.04 bits per heavy atom. The van der Waals surface area contributed by atoms with Crippen molar-refractivity contribution in [3.8, 4) is 17.0 Å². The summed E-state index contributed by atoms with van der Waals surface area (Å²) >= 11 is 0. The number of hydrogen-bond donors (Lipinski definition) is 2. The van der Waals surface area contributed by atoms with Gasteiger partial charge in [-0.2, -0.15) is 0 Å². The smallest absolute Gasteiger partial charge is 0.169 e. The molecule has 1 aromatic carbocycles. The SMILES string of the molecule is CC.CN1CCC2(CCN(c3cc(-c4ccccc4O)nnc3N)CC2)C1. The molecule has 0 saturated carbocycles. The number of phenols is 1. The molecule has 2 aliphatic rings. The van der Waals surface area contributed by atoms with Crippen LogP contribution in [0.15, 0.2) is 30.3 Å². The molecule has 27 heavy (non-hydrogen) atoms. The van der Waals surface area contributed by atoms with Crippen LogP contribution in [0.1, 0.15) is 33.1 Å². The van der Waals surface area contributed by atoms with Crippen molar-refractivity contribution in [2.75, 3.05) is 43.9 Å². The number of piperidine rings is 1. The molecule has 2 aliphatic heterocycles. The summed E-state index contributed by atoms with van der Waals surface area (Å²) in [6.07, 6.45) is 3.67. The third-order valence-corrected chi connectivity index (χ3v) is 5.78. The fourth-order valence-corrected chi connectivity index (χ4v) is 4.26. The van der Waals surface area contributed by atoms with Crippen molar-refractivity contribution < 1.29 is 5.11 Å². The van der Waals surface area contributed by atoms with Crippen LogP contribution in [-0.4, -0.2) is 53.4 Å². The summed E-state index contributed by atoms with van der Waals surface area (Å²) in [7, 11) is 2.21. The molecule has 146 valence electrons. The van der Waals surface area contributed by atoms with Crippen molar-refractivity contribution >= 4 is 11.5 Å². The summed E-state index contributed by atoms with van der Waals surface area (Å²) < 4.78 is 0. The first-order valence-electron chi connectivity index (χ1n) is 9.91. The summed E-state index contributed by atoms with van der Waals surface area (Å²) in [5.41, 5.74) is 8.85. The van der Waals surface area contributed by atoms with Gasteiger partial charge in [0.25, 0.3) is 0 Å². The van der Waals surface area contributed by atoms with Gasteiger partial charge in [0, 0.05) is 25.2 Å². The number of nitrogen functional groups attached to an aromatic ring is 1. The van der Waals surface area contributed by atoms with Gasteiger partial charge in [0.05, 0.1) is 11.4 Å². The largest absolute Gasteiger partial charge is 0.507 e. The third-order valence-electron chi connectivity index (χ3n) is 5.78. The van der Waals surface area contributed by atoms with Crippen LogP contribution in [-0.2, 0) is 0 Å². The standard InChI is InChI=1S/C19H25N5O.C2H6/c1-23-9-6-19(13-23)7-10-24(11-8-19)16-12-15(21-22-18(16)20)14-4-2-3-5-17(14)25;1-2/h2-5,12,25H,6-11,13H2,1H3,(H2,20,22);1-2H3. The van der Waals surface area contributed by atoms with Gasteiger partial charge in [-0.15, -0.1) is 10.2 Å². The molecule has 4 rings (SSSR count). The molecule has 6 nitrogen and oxygen atoms in total. The number of phenolic OH excluding ortho intramolecular Hbond substituents is 1. The normalized spacial score (nSPS) is 19.0.